The Morgan fingerprint density at radius 1 is 1.47 bits per heavy atom. The normalized spacial score (nSPS) is 20.0. The first-order valence-electron chi connectivity index (χ1n) is 6.97. The van der Waals surface area contributed by atoms with Crippen molar-refractivity contribution in [2.75, 3.05) is 13.2 Å². The van der Waals surface area contributed by atoms with E-state index in [1.165, 1.54) is 0 Å². The summed E-state index contributed by atoms with van der Waals surface area (Å²) in [6.45, 7) is 5.57. The first kappa shape index (κ1) is 13.9. The zero-order valence-electron chi connectivity index (χ0n) is 11.6. The van der Waals surface area contributed by atoms with Gasteiger partial charge in [0.15, 0.2) is 0 Å². The van der Waals surface area contributed by atoms with Crippen molar-refractivity contribution in [1.82, 2.24) is 10.6 Å². The van der Waals surface area contributed by atoms with Crippen molar-refractivity contribution in [3.8, 4) is 5.75 Å². The number of amides is 1. The Bertz CT molecular complexity index is 411. The van der Waals surface area contributed by atoms with Crippen LogP contribution in [0, 0.1) is 0 Å². The van der Waals surface area contributed by atoms with Crippen molar-refractivity contribution in [3.05, 3.63) is 29.8 Å². The van der Waals surface area contributed by atoms with Gasteiger partial charge in [0.1, 0.15) is 5.75 Å². The molecule has 1 aliphatic heterocycles. The van der Waals surface area contributed by atoms with E-state index in [4.69, 9.17) is 4.74 Å². The fraction of sp³-hybridized carbons (Fsp3) is 0.533. The third-order valence-corrected chi connectivity index (χ3v) is 3.43. The maximum Gasteiger partial charge on any atom is 0.237 e. The summed E-state index contributed by atoms with van der Waals surface area (Å²) in [5.74, 6) is 0.959. The van der Waals surface area contributed by atoms with Gasteiger partial charge in [-0.15, -0.1) is 0 Å². The van der Waals surface area contributed by atoms with Crippen molar-refractivity contribution in [2.45, 2.75) is 38.8 Å². The maximum absolute atomic E-state index is 12.0. The van der Waals surface area contributed by atoms with Gasteiger partial charge in [0.2, 0.25) is 5.91 Å². The van der Waals surface area contributed by atoms with Gasteiger partial charge in [-0.3, -0.25) is 4.79 Å². The second-order valence-corrected chi connectivity index (χ2v) is 4.88. The fourth-order valence-corrected chi connectivity index (χ4v) is 2.33. The highest BCUT2D eigenvalue weighted by Crippen LogP contribution is 2.18. The Morgan fingerprint density at radius 2 is 2.21 bits per heavy atom. The third kappa shape index (κ3) is 3.70. The van der Waals surface area contributed by atoms with Crippen molar-refractivity contribution in [3.63, 3.8) is 0 Å². The summed E-state index contributed by atoms with van der Waals surface area (Å²) >= 11 is 0. The smallest absolute Gasteiger partial charge is 0.237 e. The van der Waals surface area contributed by atoms with Gasteiger partial charge in [-0.1, -0.05) is 12.1 Å². The fourth-order valence-electron chi connectivity index (χ4n) is 2.33. The van der Waals surface area contributed by atoms with Crippen LogP contribution in [0.15, 0.2) is 24.3 Å². The minimum atomic E-state index is -0.0230. The molecule has 0 unspecified atom stereocenters. The van der Waals surface area contributed by atoms with Gasteiger partial charge in [0.25, 0.3) is 0 Å². The van der Waals surface area contributed by atoms with Gasteiger partial charge in [0.05, 0.1) is 18.7 Å². The molecule has 2 rings (SSSR count). The van der Waals surface area contributed by atoms with Crippen molar-refractivity contribution in [2.24, 2.45) is 0 Å². The zero-order valence-corrected chi connectivity index (χ0v) is 11.6. The molecule has 2 N–H and O–H groups in total. The minimum absolute atomic E-state index is 0.0191. The number of carbonyl (C=O) groups is 1. The molecular weight excluding hydrogens is 240 g/mol. The van der Waals surface area contributed by atoms with Crippen molar-refractivity contribution >= 4 is 5.91 Å². The average molecular weight is 262 g/mol. The Balaban J connectivity index is 1.91. The van der Waals surface area contributed by atoms with Crippen molar-refractivity contribution < 1.29 is 9.53 Å². The number of ether oxygens (including phenoxy) is 1. The third-order valence-electron chi connectivity index (χ3n) is 3.43. The molecule has 0 aliphatic carbocycles. The number of hydrogen-bond acceptors (Lipinski definition) is 3. The molecule has 19 heavy (non-hydrogen) atoms. The molecule has 4 heteroatoms. The molecule has 1 fully saturated rings. The SMILES string of the molecule is CCOc1ccc([C@H](C)NC(=O)[C@@H]2CCCN2)cc1. The molecule has 1 heterocycles. The lowest BCUT2D eigenvalue weighted by Crippen LogP contribution is -2.41. The number of hydrogen-bond donors (Lipinski definition) is 2. The molecule has 104 valence electrons. The quantitative estimate of drug-likeness (QED) is 0.853. The topological polar surface area (TPSA) is 50.4 Å². The van der Waals surface area contributed by atoms with Crippen LogP contribution in [0.3, 0.4) is 0 Å². The molecule has 1 aromatic rings. The van der Waals surface area contributed by atoms with Crippen LogP contribution >= 0.6 is 0 Å². The van der Waals surface area contributed by atoms with E-state index < -0.39 is 0 Å². The van der Waals surface area contributed by atoms with Gasteiger partial charge >= 0.3 is 0 Å². The monoisotopic (exact) mass is 262 g/mol. The largest absolute Gasteiger partial charge is 0.494 e. The molecule has 1 aromatic carbocycles. The molecule has 1 saturated heterocycles. The summed E-state index contributed by atoms with van der Waals surface area (Å²) in [5, 5.41) is 6.25. The number of benzene rings is 1. The molecule has 1 amide bonds. The van der Waals surface area contributed by atoms with Crippen LogP contribution in [0.2, 0.25) is 0 Å². The molecule has 2 atom stereocenters. The lowest BCUT2D eigenvalue weighted by molar-refractivity contribution is -0.123. The van der Waals surface area contributed by atoms with Gasteiger partial charge in [0, 0.05) is 0 Å². The van der Waals surface area contributed by atoms with E-state index in [2.05, 4.69) is 10.6 Å². The predicted octanol–water partition coefficient (Wildman–Crippen LogP) is 2.01. The highest BCUT2D eigenvalue weighted by molar-refractivity contribution is 5.82. The number of rotatable bonds is 5. The van der Waals surface area contributed by atoms with E-state index in [1.807, 2.05) is 38.1 Å². The standard InChI is InChI=1S/C15H22N2O2/c1-3-19-13-8-6-12(7-9-13)11(2)17-15(18)14-5-4-10-16-14/h6-9,11,14,16H,3-5,10H2,1-2H3,(H,17,18)/t11-,14-/m0/s1. The lowest BCUT2D eigenvalue weighted by atomic mass is 10.1. The van der Waals surface area contributed by atoms with Crippen LogP contribution in [0.5, 0.6) is 5.75 Å². The first-order valence-corrected chi connectivity index (χ1v) is 6.97. The molecule has 0 saturated carbocycles. The molecular formula is C15H22N2O2. The lowest BCUT2D eigenvalue weighted by Gasteiger charge is -2.18. The summed E-state index contributed by atoms with van der Waals surface area (Å²) in [4.78, 5) is 12.0. The van der Waals surface area contributed by atoms with E-state index in [0.717, 1.165) is 30.7 Å². The van der Waals surface area contributed by atoms with Crippen LogP contribution in [-0.2, 0) is 4.79 Å². The van der Waals surface area contributed by atoms with Gasteiger partial charge in [-0.2, -0.15) is 0 Å². The predicted molar refractivity (Wildman–Crippen MR) is 75.2 cm³/mol. The Kier molecular flexibility index (Phi) is 4.80. The summed E-state index contributed by atoms with van der Waals surface area (Å²) in [6.07, 6.45) is 2.01. The second kappa shape index (κ2) is 6.57. The first-order chi connectivity index (χ1) is 9.20. The van der Waals surface area contributed by atoms with Crippen LogP contribution in [0.25, 0.3) is 0 Å². The molecule has 1 aliphatic rings. The minimum Gasteiger partial charge on any atom is -0.494 e. The summed E-state index contributed by atoms with van der Waals surface area (Å²) < 4.78 is 5.41. The highest BCUT2D eigenvalue weighted by atomic mass is 16.5. The summed E-state index contributed by atoms with van der Waals surface area (Å²) in [7, 11) is 0. The van der Waals surface area contributed by atoms with E-state index >= 15 is 0 Å². The van der Waals surface area contributed by atoms with Gasteiger partial charge in [-0.05, 0) is 50.9 Å². The molecule has 0 radical (unpaired) electrons. The van der Waals surface area contributed by atoms with Crippen molar-refractivity contribution in [1.29, 1.82) is 0 Å². The van der Waals surface area contributed by atoms with E-state index in [0.29, 0.717) is 6.61 Å². The summed E-state index contributed by atoms with van der Waals surface area (Å²) in [5.41, 5.74) is 1.09. The van der Waals surface area contributed by atoms with E-state index in [9.17, 15) is 4.79 Å². The van der Waals surface area contributed by atoms with Crippen LogP contribution in [-0.4, -0.2) is 25.1 Å². The summed E-state index contributed by atoms with van der Waals surface area (Å²) in [6, 6.07) is 7.87. The van der Waals surface area contributed by atoms with Crippen LogP contribution < -0.4 is 15.4 Å². The van der Waals surface area contributed by atoms with Gasteiger partial charge < -0.3 is 15.4 Å². The molecule has 0 spiro atoms. The van der Waals surface area contributed by atoms with Crippen LogP contribution in [0.4, 0.5) is 0 Å². The Morgan fingerprint density at radius 3 is 2.79 bits per heavy atom. The number of nitrogens with one attached hydrogen (secondary N) is 2. The number of carbonyl (C=O) groups excluding carboxylic acids is 1. The zero-order chi connectivity index (χ0) is 13.7. The molecule has 0 bridgehead atoms. The Hall–Kier alpha value is -1.55. The van der Waals surface area contributed by atoms with Gasteiger partial charge in [-0.25, -0.2) is 0 Å². The Labute approximate surface area is 114 Å². The highest BCUT2D eigenvalue weighted by Gasteiger charge is 2.23. The molecule has 4 nitrogen and oxygen atoms in total. The maximum atomic E-state index is 12.0. The molecule has 0 aromatic heterocycles. The van der Waals surface area contributed by atoms with E-state index in [-0.39, 0.29) is 18.0 Å². The second-order valence-electron chi connectivity index (χ2n) is 4.88. The van der Waals surface area contributed by atoms with Crippen LogP contribution in [0.1, 0.15) is 38.3 Å². The average Bonchev–Trinajstić information content (AvgIpc) is 2.94. The van der Waals surface area contributed by atoms with E-state index in [1.54, 1.807) is 0 Å².